The molecule has 0 aliphatic carbocycles. The Bertz CT molecular complexity index is 959. The maximum atomic E-state index is 12.5. The van der Waals surface area contributed by atoms with Crippen LogP contribution in [0.1, 0.15) is 49.0 Å². The first-order valence-corrected chi connectivity index (χ1v) is 9.27. The molecule has 3 rings (SSSR count). The van der Waals surface area contributed by atoms with E-state index in [-0.39, 0.29) is 18.2 Å². The maximum Gasteiger partial charge on any atom is 0.224 e. The molecule has 1 amide bonds. The highest BCUT2D eigenvalue weighted by atomic mass is 16.1. The van der Waals surface area contributed by atoms with Crippen molar-refractivity contribution in [1.82, 2.24) is 20.2 Å². The Morgan fingerprint density at radius 1 is 1.04 bits per heavy atom. The molecule has 0 saturated carbocycles. The summed E-state index contributed by atoms with van der Waals surface area (Å²) in [7, 11) is 0. The molecule has 7 nitrogen and oxygen atoms in total. The van der Waals surface area contributed by atoms with Gasteiger partial charge in [-0.2, -0.15) is 4.80 Å². The molecule has 0 fully saturated rings. The van der Waals surface area contributed by atoms with Crippen molar-refractivity contribution in [3.8, 4) is 11.4 Å². The molecule has 1 heterocycles. The van der Waals surface area contributed by atoms with E-state index in [1.54, 1.807) is 31.2 Å². The predicted molar refractivity (Wildman–Crippen MR) is 107 cm³/mol. The van der Waals surface area contributed by atoms with E-state index in [9.17, 15) is 9.59 Å². The van der Waals surface area contributed by atoms with Crippen molar-refractivity contribution in [3.63, 3.8) is 0 Å². The molecular weight excluding hydrogens is 354 g/mol. The lowest BCUT2D eigenvalue weighted by atomic mass is 10.0. The normalized spacial score (nSPS) is 10.9. The van der Waals surface area contributed by atoms with Crippen molar-refractivity contribution in [2.24, 2.45) is 0 Å². The number of hydrogen-bond acceptors (Lipinski definition) is 5. The molecule has 1 aromatic heterocycles. The van der Waals surface area contributed by atoms with Crippen LogP contribution in [0.5, 0.6) is 0 Å². The number of benzene rings is 2. The minimum Gasteiger partial charge on any atom is -0.326 e. The highest BCUT2D eigenvalue weighted by molar-refractivity contribution is 5.97. The standard InChI is InChI=1S/C21H23N5O2/c1-4-20(28)22-18-11-9-16(10-12-18)19(27)13-26-24-21(23-25-26)17-7-5-15(6-8-17)14(2)3/h5-12,14H,4,13H2,1-3H3,(H,22,28). The molecule has 144 valence electrons. The fourth-order valence-electron chi connectivity index (χ4n) is 2.65. The molecule has 3 aromatic rings. The minimum atomic E-state index is -0.132. The molecule has 7 heteroatoms. The third-order valence-corrected chi connectivity index (χ3v) is 4.39. The second kappa shape index (κ2) is 8.56. The summed E-state index contributed by atoms with van der Waals surface area (Å²) in [6.07, 6.45) is 0.404. The van der Waals surface area contributed by atoms with Crippen LogP contribution in [0.3, 0.4) is 0 Å². The van der Waals surface area contributed by atoms with Gasteiger partial charge in [0, 0.05) is 23.2 Å². The van der Waals surface area contributed by atoms with E-state index in [0.717, 1.165) is 5.56 Å². The summed E-state index contributed by atoms with van der Waals surface area (Å²) in [6.45, 7) is 6.06. The highest BCUT2D eigenvalue weighted by Gasteiger charge is 2.12. The average molecular weight is 377 g/mol. The van der Waals surface area contributed by atoms with Crippen molar-refractivity contribution in [1.29, 1.82) is 0 Å². The van der Waals surface area contributed by atoms with Gasteiger partial charge in [0.25, 0.3) is 0 Å². The van der Waals surface area contributed by atoms with Crippen LogP contribution >= 0.6 is 0 Å². The molecule has 0 aliphatic rings. The topological polar surface area (TPSA) is 89.8 Å². The van der Waals surface area contributed by atoms with Gasteiger partial charge in [-0.05, 0) is 41.0 Å². The number of nitrogens with zero attached hydrogens (tertiary/aromatic N) is 4. The fraction of sp³-hybridized carbons (Fsp3) is 0.286. The molecule has 0 spiro atoms. The first kappa shape index (κ1) is 19.4. The van der Waals surface area contributed by atoms with Gasteiger partial charge in [0.2, 0.25) is 11.7 Å². The molecule has 28 heavy (non-hydrogen) atoms. The monoisotopic (exact) mass is 377 g/mol. The first-order chi connectivity index (χ1) is 13.5. The SMILES string of the molecule is CCC(=O)Nc1ccc(C(=O)Cn2nnc(-c3ccc(C(C)C)cc3)n2)cc1. The molecule has 2 aromatic carbocycles. The molecule has 1 N–H and O–H groups in total. The summed E-state index contributed by atoms with van der Waals surface area (Å²) in [4.78, 5) is 25.2. The van der Waals surface area contributed by atoms with Gasteiger partial charge in [0.05, 0.1) is 0 Å². The fourth-order valence-corrected chi connectivity index (χ4v) is 2.65. The zero-order valence-corrected chi connectivity index (χ0v) is 16.2. The number of nitrogens with one attached hydrogen (secondary N) is 1. The van der Waals surface area contributed by atoms with Crippen LogP contribution in [0.2, 0.25) is 0 Å². The van der Waals surface area contributed by atoms with Gasteiger partial charge in [-0.1, -0.05) is 45.0 Å². The Morgan fingerprint density at radius 3 is 2.32 bits per heavy atom. The number of amides is 1. The number of carbonyl (C=O) groups excluding carboxylic acids is 2. The second-order valence-electron chi connectivity index (χ2n) is 6.82. The van der Waals surface area contributed by atoms with Gasteiger partial charge in [-0.3, -0.25) is 9.59 Å². The lowest BCUT2D eigenvalue weighted by Crippen LogP contribution is -2.14. The number of anilines is 1. The van der Waals surface area contributed by atoms with Crippen molar-refractivity contribution in [2.75, 3.05) is 5.32 Å². The summed E-state index contributed by atoms with van der Waals surface area (Å²) in [5.41, 5.74) is 3.29. The summed E-state index contributed by atoms with van der Waals surface area (Å²) < 4.78 is 0. The van der Waals surface area contributed by atoms with E-state index in [1.165, 1.54) is 10.4 Å². The van der Waals surface area contributed by atoms with Crippen LogP contribution < -0.4 is 5.32 Å². The first-order valence-electron chi connectivity index (χ1n) is 9.27. The van der Waals surface area contributed by atoms with Gasteiger partial charge in [-0.25, -0.2) is 0 Å². The third kappa shape index (κ3) is 4.68. The number of aromatic nitrogens is 4. The third-order valence-electron chi connectivity index (χ3n) is 4.39. The van der Waals surface area contributed by atoms with Crippen molar-refractivity contribution in [2.45, 2.75) is 39.7 Å². The van der Waals surface area contributed by atoms with Crippen LogP contribution in [-0.2, 0) is 11.3 Å². The summed E-state index contributed by atoms with van der Waals surface area (Å²) in [6, 6.07) is 14.8. The van der Waals surface area contributed by atoms with Crippen LogP contribution in [0.4, 0.5) is 5.69 Å². The maximum absolute atomic E-state index is 12.5. The minimum absolute atomic E-state index is 0.00224. The van der Waals surface area contributed by atoms with E-state index < -0.39 is 0 Å². The Morgan fingerprint density at radius 2 is 1.71 bits per heavy atom. The highest BCUT2D eigenvalue weighted by Crippen LogP contribution is 2.19. The summed E-state index contributed by atoms with van der Waals surface area (Å²) >= 11 is 0. The number of hydrogen-bond donors (Lipinski definition) is 1. The largest absolute Gasteiger partial charge is 0.326 e. The predicted octanol–water partition coefficient (Wildman–Crippen LogP) is 3.69. The molecule has 0 unspecified atom stereocenters. The average Bonchev–Trinajstić information content (AvgIpc) is 3.17. The van der Waals surface area contributed by atoms with Crippen LogP contribution in [0, 0.1) is 0 Å². The lowest BCUT2D eigenvalue weighted by molar-refractivity contribution is -0.115. The summed E-state index contributed by atoms with van der Waals surface area (Å²) in [5, 5.41) is 15.1. The Labute approximate surface area is 163 Å². The van der Waals surface area contributed by atoms with E-state index in [0.29, 0.717) is 29.4 Å². The summed E-state index contributed by atoms with van der Waals surface area (Å²) in [5.74, 6) is 0.741. The zero-order valence-electron chi connectivity index (χ0n) is 16.2. The Kier molecular flexibility index (Phi) is 5.93. The van der Waals surface area contributed by atoms with Crippen LogP contribution in [0.15, 0.2) is 48.5 Å². The van der Waals surface area contributed by atoms with Gasteiger partial charge < -0.3 is 5.32 Å². The van der Waals surface area contributed by atoms with Crippen molar-refractivity contribution in [3.05, 3.63) is 59.7 Å². The van der Waals surface area contributed by atoms with E-state index >= 15 is 0 Å². The number of tetrazole rings is 1. The van der Waals surface area contributed by atoms with Gasteiger partial charge >= 0.3 is 0 Å². The Hall–Kier alpha value is -3.35. The van der Waals surface area contributed by atoms with Gasteiger partial charge in [0.1, 0.15) is 6.54 Å². The van der Waals surface area contributed by atoms with E-state index in [1.807, 2.05) is 24.3 Å². The van der Waals surface area contributed by atoms with Gasteiger partial charge in [0.15, 0.2) is 5.78 Å². The quantitative estimate of drug-likeness (QED) is 0.634. The number of carbonyl (C=O) groups is 2. The molecule has 0 atom stereocenters. The number of ketones is 1. The molecule has 0 bridgehead atoms. The second-order valence-corrected chi connectivity index (χ2v) is 6.82. The molecule has 0 saturated heterocycles. The Balaban J connectivity index is 1.65. The lowest BCUT2D eigenvalue weighted by Gasteiger charge is -2.05. The number of Topliss-reactive ketones (excluding diaryl/α,β-unsaturated/α-hetero) is 1. The zero-order chi connectivity index (χ0) is 20.1. The van der Waals surface area contributed by atoms with Crippen LogP contribution in [-0.4, -0.2) is 31.9 Å². The number of rotatable bonds is 7. The van der Waals surface area contributed by atoms with Crippen LogP contribution in [0.25, 0.3) is 11.4 Å². The smallest absolute Gasteiger partial charge is 0.224 e. The van der Waals surface area contributed by atoms with E-state index in [4.69, 9.17) is 0 Å². The molecule has 0 radical (unpaired) electrons. The van der Waals surface area contributed by atoms with Crippen molar-refractivity contribution < 1.29 is 9.59 Å². The van der Waals surface area contributed by atoms with Gasteiger partial charge in [-0.15, -0.1) is 10.2 Å². The molecule has 0 aliphatic heterocycles. The van der Waals surface area contributed by atoms with E-state index in [2.05, 4.69) is 34.6 Å². The molecular formula is C21H23N5O2. The van der Waals surface area contributed by atoms with Crippen molar-refractivity contribution >= 4 is 17.4 Å².